The fourth-order valence-electron chi connectivity index (χ4n) is 2.97. The van der Waals surface area contributed by atoms with E-state index in [-0.39, 0.29) is 5.91 Å². The summed E-state index contributed by atoms with van der Waals surface area (Å²) in [6, 6.07) is 0.352. The Bertz CT molecular complexity index is 429. The molecule has 0 radical (unpaired) electrons. The van der Waals surface area contributed by atoms with Gasteiger partial charge in [0.15, 0.2) is 0 Å². The van der Waals surface area contributed by atoms with Gasteiger partial charge < -0.3 is 14.7 Å². The van der Waals surface area contributed by atoms with Crippen molar-refractivity contribution in [3.05, 3.63) is 17.5 Å². The summed E-state index contributed by atoms with van der Waals surface area (Å²) < 4.78 is 4.86. The number of nitrogens with one attached hydrogen (secondary N) is 1. The van der Waals surface area contributed by atoms with Gasteiger partial charge in [0.2, 0.25) is 0 Å². The molecular weight excluding hydrogens is 218 g/mol. The number of fused-ring (bicyclic) bond motifs is 1. The molecule has 2 unspecified atom stereocenters. The van der Waals surface area contributed by atoms with Crippen LogP contribution in [0.5, 0.6) is 0 Å². The molecule has 3 rings (SSSR count). The number of hydrogen-bond donors (Lipinski definition) is 1. The van der Waals surface area contributed by atoms with E-state index >= 15 is 0 Å². The number of carbonyl (C=O) groups excluding carboxylic acids is 1. The normalized spacial score (nSPS) is 28.2. The highest BCUT2D eigenvalue weighted by atomic mass is 16.5. The van der Waals surface area contributed by atoms with Crippen molar-refractivity contribution in [3.63, 3.8) is 0 Å². The van der Waals surface area contributed by atoms with Crippen LogP contribution < -0.4 is 5.32 Å². The van der Waals surface area contributed by atoms with Crippen molar-refractivity contribution in [2.45, 2.75) is 25.8 Å². The number of rotatable bonds is 1. The van der Waals surface area contributed by atoms with E-state index in [1.54, 1.807) is 0 Å². The summed E-state index contributed by atoms with van der Waals surface area (Å²) in [6.45, 7) is 4.62. The minimum absolute atomic E-state index is 0.0714. The molecule has 1 aromatic rings. The van der Waals surface area contributed by atoms with Crippen LogP contribution in [0.2, 0.25) is 0 Å². The van der Waals surface area contributed by atoms with Crippen molar-refractivity contribution in [2.75, 3.05) is 19.6 Å². The Hall–Kier alpha value is -1.36. The van der Waals surface area contributed by atoms with E-state index in [1.807, 2.05) is 11.8 Å². The van der Waals surface area contributed by atoms with Gasteiger partial charge >= 0.3 is 0 Å². The quantitative estimate of drug-likeness (QED) is 0.782. The van der Waals surface area contributed by atoms with Crippen molar-refractivity contribution in [1.82, 2.24) is 15.4 Å². The van der Waals surface area contributed by atoms with Gasteiger partial charge in [0.25, 0.3) is 5.91 Å². The van der Waals surface area contributed by atoms with Crippen LogP contribution in [-0.4, -0.2) is 41.6 Å². The number of likely N-dealkylation sites (tertiary alicyclic amines) is 1. The molecule has 2 fully saturated rings. The zero-order valence-corrected chi connectivity index (χ0v) is 9.98. The minimum atomic E-state index is 0.0714. The monoisotopic (exact) mass is 235 g/mol. The molecular formula is C12H17N3O2. The van der Waals surface area contributed by atoms with Crippen molar-refractivity contribution >= 4 is 5.91 Å². The van der Waals surface area contributed by atoms with E-state index in [4.69, 9.17) is 4.52 Å². The van der Waals surface area contributed by atoms with Crippen LogP contribution in [0.15, 0.2) is 10.8 Å². The van der Waals surface area contributed by atoms with Gasteiger partial charge in [0, 0.05) is 25.7 Å². The minimum Gasteiger partial charge on any atom is -0.364 e. The third-order valence-corrected chi connectivity index (χ3v) is 3.92. The number of aromatic nitrogens is 1. The lowest BCUT2D eigenvalue weighted by atomic mass is 9.91. The Morgan fingerprint density at radius 3 is 3.24 bits per heavy atom. The lowest BCUT2D eigenvalue weighted by Crippen LogP contribution is -2.48. The first-order chi connectivity index (χ1) is 8.27. The lowest BCUT2D eigenvalue weighted by molar-refractivity contribution is 0.0573. The van der Waals surface area contributed by atoms with Crippen molar-refractivity contribution in [3.8, 4) is 0 Å². The molecule has 3 heterocycles. The van der Waals surface area contributed by atoms with E-state index in [0.717, 1.165) is 26.1 Å². The average Bonchev–Trinajstić information content (AvgIpc) is 2.95. The Kier molecular flexibility index (Phi) is 2.63. The Balaban J connectivity index is 1.83. The van der Waals surface area contributed by atoms with Gasteiger partial charge in [-0.25, -0.2) is 0 Å². The zero-order chi connectivity index (χ0) is 11.8. The first kappa shape index (κ1) is 10.8. The first-order valence-corrected chi connectivity index (χ1v) is 6.20. The zero-order valence-electron chi connectivity index (χ0n) is 9.98. The second-order valence-corrected chi connectivity index (χ2v) is 4.94. The SMILES string of the molecule is Cc1nocc1C(=O)N1CCCC2CNCC21. The molecule has 2 aliphatic heterocycles. The number of piperidine rings is 1. The van der Waals surface area contributed by atoms with Gasteiger partial charge in [-0.2, -0.15) is 0 Å². The summed E-state index contributed by atoms with van der Waals surface area (Å²) in [4.78, 5) is 14.4. The van der Waals surface area contributed by atoms with Gasteiger partial charge in [-0.3, -0.25) is 4.79 Å². The maximum atomic E-state index is 12.4. The fraction of sp³-hybridized carbons (Fsp3) is 0.667. The number of amides is 1. The van der Waals surface area contributed by atoms with Crippen LogP contribution in [0.3, 0.4) is 0 Å². The van der Waals surface area contributed by atoms with E-state index in [1.165, 1.54) is 12.7 Å². The molecule has 2 atom stereocenters. The summed E-state index contributed by atoms with van der Waals surface area (Å²) in [5.74, 6) is 0.690. The lowest BCUT2D eigenvalue weighted by Gasteiger charge is -2.36. The molecule has 1 N–H and O–H groups in total. The molecule has 2 saturated heterocycles. The fourth-order valence-corrected chi connectivity index (χ4v) is 2.97. The number of hydrogen-bond acceptors (Lipinski definition) is 4. The summed E-state index contributed by atoms with van der Waals surface area (Å²) in [7, 11) is 0. The number of nitrogens with zero attached hydrogens (tertiary/aromatic N) is 2. The largest absolute Gasteiger partial charge is 0.364 e. The Morgan fingerprint density at radius 1 is 1.59 bits per heavy atom. The predicted molar refractivity (Wildman–Crippen MR) is 61.7 cm³/mol. The molecule has 0 aliphatic carbocycles. The number of carbonyl (C=O) groups is 1. The molecule has 5 nitrogen and oxygen atoms in total. The third kappa shape index (κ3) is 1.74. The van der Waals surface area contributed by atoms with Crippen LogP contribution in [0, 0.1) is 12.8 Å². The van der Waals surface area contributed by atoms with Crippen LogP contribution in [0.4, 0.5) is 0 Å². The third-order valence-electron chi connectivity index (χ3n) is 3.92. The molecule has 2 aliphatic rings. The summed E-state index contributed by atoms with van der Waals surface area (Å²) in [6.07, 6.45) is 3.78. The van der Waals surface area contributed by atoms with Crippen LogP contribution >= 0.6 is 0 Å². The number of aryl methyl sites for hydroxylation is 1. The highest BCUT2D eigenvalue weighted by molar-refractivity contribution is 5.95. The molecule has 1 aromatic heterocycles. The van der Waals surface area contributed by atoms with Crippen LogP contribution in [0.25, 0.3) is 0 Å². The maximum Gasteiger partial charge on any atom is 0.259 e. The Morgan fingerprint density at radius 2 is 2.47 bits per heavy atom. The molecule has 0 aromatic carbocycles. The molecule has 92 valence electrons. The van der Waals surface area contributed by atoms with Crippen LogP contribution in [-0.2, 0) is 0 Å². The maximum absolute atomic E-state index is 12.4. The second kappa shape index (κ2) is 4.14. The highest BCUT2D eigenvalue weighted by Gasteiger charge is 2.38. The second-order valence-electron chi connectivity index (χ2n) is 4.94. The Labute approximate surface area is 100 Å². The molecule has 0 saturated carbocycles. The van der Waals surface area contributed by atoms with Gasteiger partial charge in [-0.1, -0.05) is 5.16 Å². The van der Waals surface area contributed by atoms with E-state index in [0.29, 0.717) is 23.2 Å². The molecule has 0 spiro atoms. The smallest absolute Gasteiger partial charge is 0.259 e. The van der Waals surface area contributed by atoms with E-state index in [9.17, 15) is 4.79 Å². The van der Waals surface area contributed by atoms with Gasteiger partial charge in [-0.15, -0.1) is 0 Å². The summed E-state index contributed by atoms with van der Waals surface area (Å²) in [5, 5.41) is 7.16. The summed E-state index contributed by atoms with van der Waals surface area (Å²) in [5.41, 5.74) is 1.29. The summed E-state index contributed by atoms with van der Waals surface area (Å²) >= 11 is 0. The van der Waals surface area contributed by atoms with Crippen molar-refractivity contribution in [1.29, 1.82) is 0 Å². The standard InChI is InChI=1S/C12H17N3O2/c1-8-10(7-17-14-8)12(16)15-4-2-3-9-5-13-6-11(9)15/h7,9,11,13H,2-6H2,1H3. The molecule has 5 heteroatoms. The highest BCUT2D eigenvalue weighted by Crippen LogP contribution is 2.28. The van der Waals surface area contributed by atoms with E-state index < -0.39 is 0 Å². The van der Waals surface area contributed by atoms with Crippen LogP contribution in [0.1, 0.15) is 28.9 Å². The average molecular weight is 235 g/mol. The first-order valence-electron chi connectivity index (χ1n) is 6.20. The van der Waals surface area contributed by atoms with Crippen molar-refractivity contribution < 1.29 is 9.32 Å². The van der Waals surface area contributed by atoms with Crippen molar-refractivity contribution in [2.24, 2.45) is 5.92 Å². The van der Waals surface area contributed by atoms with Gasteiger partial charge in [0.1, 0.15) is 11.8 Å². The van der Waals surface area contributed by atoms with E-state index in [2.05, 4.69) is 10.5 Å². The van der Waals surface area contributed by atoms with Gasteiger partial charge in [-0.05, 0) is 25.7 Å². The molecule has 1 amide bonds. The molecule has 17 heavy (non-hydrogen) atoms. The van der Waals surface area contributed by atoms with Gasteiger partial charge in [0.05, 0.1) is 5.69 Å². The predicted octanol–water partition coefficient (Wildman–Crippen LogP) is 0.807. The topological polar surface area (TPSA) is 58.4 Å². The molecule has 0 bridgehead atoms.